The Morgan fingerprint density at radius 2 is 1.96 bits per heavy atom. The van der Waals surface area contributed by atoms with E-state index >= 15 is 0 Å². The van der Waals surface area contributed by atoms with Crippen LogP contribution >= 0.6 is 11.6 Å². The summed E-state index contributed by atoms with van der Waals surface area (Å²) in [6.07, 6.45) is 2.28. The molecule has 0 aliphatic rings. The third-order valence-corrected chi connectivity index (χ3v) is 6.15. The summed E-state index contributed by atoms with van der Waals surface area (Å²) in [5, 5.41) is 13.4. The van der Waals surface area contributed by atoms with Crippen molar-refractivity contribution in [1.82, 2.24) is 9.29 Å². The molecule has 1 aromatic carbocycles. The van der Waals surface area contributed by atoms with Gasteiger partial charge in [-0.2, -0.15) is 4.31 Å². The molecule has 1 amide bonds. The molecule has 1 aromatic heterocycles. The number of rotatable bonds is 7. The minimum absolute atomic E-state index is 0.0164. The highest BCUT2D eigenvalue weighted by atomic mass is 35.5. The largest absolute Gasteiger partial charge is 0.316 e. The minimum Gasteiger partial charge on any atom is -0.316 e. The number of pyridine rings is 1. The molecule has 0 saturated carbocycles. The fourth-order valence-corrected chi connectivity index (χ4v) is 4.07. The van der Waals surface area contributed by atoms with E-state index in [1.165, 1.54) is 28.7 Å². The van der Waals surface area contributed by atoms with E-state index in [-0.39, 0.29) is 34.3 Å². The van der Waals surface area contributed by atoms with Crippen molar-refractivity contribution in [3.05, 3.63) is 57.4 Å². The quantitative estimate of drug-likeness (QED) is 0.551. The molecule has 2 rings (SSSR count). The van der Waals surface area contributed by atoms with Crippen LogP contribution in [-0.2, 0) is 10.0 Å². The Morgan fingerprint density at radius 3 is 2.56 bits per heavy atom. The number of benzene rings is 1. The van der Waals surface area contributed by atoms with Crippen molar-refractivity contribution in [2.45, 2.75) is 18.7 Å². The molecule has 0 unspecified atom stereocenters. The number of carbonyl (C=O) groups excluding carboxylic acids is 1. The highest BCUT2D eigenvalue weighted by Gasteiger charge is 2.24. The van der Waals surface area contributed by atoms with Crippen LogP contribution in [0.5, 0.6) is 0 Å². The number of amides is 1. The summed E-state index contributed by atoms with van der Waals surface area (Å²) in [5.74, 6) is -0.772. The van der Waals surface area contributed by atoms with Gasteiger partial charge in [-0.25, -0.2) is 8.42 Å². The van der Waals surface area contributed by atoms with Gasteiger partial charge in [0, 0.05) is 19.3 Å². The van der Waals surface area contributed by atoms with Crippen LogP contribution in [0.3, 0.4) is 0 Å². The minimum atomic E-state index is -3.79. The summed E-state index contributed by atoms with van der Waals surface area (Å²) in [4.78, 5) is 26.5. The van der Waals surface area contributed by atoms with E-state index in [0.29, 0.717) is 0 Å². The number of anilines is 1. The lowest BCUT2D eigenvalue weighted by Crippen LogP contribution is -2.30. The predicted molar refractivity (Wildman–Crippen MR) is 100 cm³/mol. The van der Waals surface area contributed by atoms with Gasteiger partial charge in [0.2, 0.25) is 10.0 Å². The predicted octanol–water partition coefficient (Wildman–Crippen LogP) is 2.93. The van der Waals surface area contributed by atoms with E-state index in [9.17, 15) is 23.3 Å². The Morgan fingerprint density at radius 1 is 1.30 bits per heavy atom. The monoisotopic (exact) mass is 412 g/mol. The molecule has 0 bridgehead atoms. The first-order chi connectivity index (χ1) is 12.7. The molecule has 9 nitrogen and oxygen atoms in total. The first kappa shape index (κ1) is 20.7. The lowest BCUT2D eigenvalue weighted by molar-refractivity contribution is -0.384. The molecule has 1 heterocycles. The molecule has 0 aliphatic heterocycles. The first-order valence-electron chi connectivity index (χ1n) is 7.91. The van der Waals surface area contributed by atoms with E-state index < -0.39 is 26.5 Å². The average molecular weight is 413 g/mol. The van der Waals surface area contributed by atoms with Crippen LogP contribution in [0.2, 0.25) is 5.02 Å². The first-order valence-corrected chi connectivity index (χ1v) is 9.73. The van der Waals surface area contributed by atoms with E-state index in [4.69, 9.17) is 11.6 Å². The number of halogens is 1. The van der Waals surface area contributed by atoms with Crippen LogP contribution in [-0.4, -0.2) is 41.6 Å². The number of nitro groups is 1. The highest BCUT2D eigenvalue weighted by Crippen LogP contribution is 2.26. The molecule has 11 heteroatoms. The Kier molecular flexibility index (Phi) is 6.47. The Hall–Kier alpha value is -2.56. The topological polar surface area (TPSA) is 123 Å². The van der Waals surface area contributed by atoms with E-state index in [2.05, 4.69) is 10.3 Å². The number of carbonyl (C=O) groups is 1. The Bertz CT molecular complexity index is 977. The highest BCUT2D eigenvalue weighted by molar-refractivity contribution is 7.89. The van der Waals surface area contributed by atoms with Crippen LogP contribution in [0.4, 0.5) is 11.4 Å². The number of aromatic nitrogens is 1. The Balaban J connectivity index is 2.42. The molecule has 0 aliphatic carbocycles. The van der Waals surface area contributed by atoms with Crippen molar-refractivity contribution < 1.29 is 18.1 Å². The van der Waals surface area contributed by atoms with Crippen LogP contribution in [0.15, 0.2) is 41.6 Å². The van der Waals surface area contributed by atoms with Gasteiger partial charge < -0.3 is 5.32 Å². The molecule has 144 valence electrons. The van der Waals surface area contributed by atoms with Gasteiger partial charge in [0.1, 0.15) is 11.9 Å². The zero-order chi connectivity index (χ0) is 20.2. The van der Waals surface area contributed by atoms with Crippen molar-refractivity contribution in [3.8, 4) is 0 Å². The second-order valence-electron chi connectivity index (χ2n) is 5.34. The molecular formula is C16H17ClN4O5S. The van der Waals surface area contributed by atoms with Gasteiger partial charge in [-0.05, 0) is 24.3 Å². The maximum atomic E-state index is 12.6. The molecule has 27 heavy (non-hydrogen) atoms. The van der Waals surface area contributed by atoms with Crippen molar-refractivity contribution in [1.29, 1.82) is 0 Å². The van der Waals surface area contributed by atoms with Gasteiger partial charge >= 0.3 is 5.69 Å². The third-order valence-electron chi connectivity index (χ3n) is 3.77. The van der Waals surface area contributed by atoms with Crippen molar-refractivity contribution in [2.24, 2.45) is 0 Å². The van der Waals surface area contributed by atoms with Crippen molar-refractivity contribution in [2.75, 3.05) is 18.4 Å². The molecule has 0 atom stereocenters. The van der Waals surface area contributed by atoms with Crippen molar-refractivity contribution in [3.63, 3.8) is 0 Å². The smallest absolute Gasteiger partial charge is 0.310 e. The SMILES string of the molecule is CCN(CC)S(=O)(=O)c1ccc(Cl)c(C(=O)Nc2ccncc2[N+](=O)[O-])c1. The van der Waals surface area contributed by atoms with E-state index in [1.54, 1.807) is 13.8 Å². The lowest BCUT2D eigenvalue weighted by Gasteiger charge is -2.19. The van der Waals surface area contributed by atoms with Gasteiger partial charge in [0.15, 0.2) is 0 Å². The maximum absolute atomic E-state index is 12.6. The van der Waals surface area contributed by atoms with Gasteiger partial charge in [-0.1, -0.05) is 25.4 Å². The normalized spacial score (nSPS) is 11.4. The molecule has 0 saturated heterocycles. The van der Waals surface area contributed by atoms with E-state index in [0.717, 1.165) is 12.3 Å². The number of hydrogen-bond acceptors (Lipinski definition) is 6. The zero-order valence-electron chi connectivity index (χ0n) is 14.5. The van der Waals surface area contributed by atoms with Gasteiger partial charge in [-0.3, -0.25) is 19.9 Å². The summed E-state index contributed by atoms with van der Waals surface area (Å²) >= 11 is 6.04. The van der Waals surface area contributed by atoms with Gasteiger partial charge in [0.05, 0.1) is 20.4 Å². The summed E-state index contributed by atoms with van der Waals surface area (Å²) < 4.78 is 26.5. The molecule has 0 radical (unpaired) electrons. The van der Waals surface area contributed by atoms with E-state index in [1.807, 2.05) is 0 Å². The summed E-state index contributed by atoms with van der Waals surface area (Å²) in [5.41, 5.74) is -0.585. The van der Waals surface area contributed by atoms with Gasteiger partial charge in [0.25, 0.3) is 5.91 Å². The number of nitrogens with zero attached hydrogens (tertiary/aromatic N) is 3. The molecule has 2 aromatic rings. The zero-order valence-corrected chi connectivity index (χ0v) is 16.1. The maximum Gasteiger partial charge on any atom is 0.310 e. The molecule has 0 spiro atoms. The van der Waals surface area contributed by atoms with Crippen LogP contribution < -0.4 is 5.32 Å². The molecular weight excluding hydrogens is 396 g/mol. The van der Waals surface area contributed by atoms with Crippen LogP contribution in [0.1, 0.15) is 24.2 Å². The average Bonchev–Trinajstić information content (AvgIpc) is 2.62. The van der Waals surface area contributed by atoms with Crippen molar-refractivity contribution >= 4 is 38.9 Å². The second-order valence-corrected chi connectivity index (χ2v) is 7.68. The Labute approximate surface area is 161 Å². The van der Waals surface area contributed by atoms with Gasteiger partial charge in [-0.15, -0.1) is 0 Å². The summed E-state index contributed by atoms with van der Waals surface area (Å²) in [6, 6.07) is 5.02. The standard InChI is InChI=1S/C16H17ClN4O5S/c1-3-20(4-2)27(25,26)11-5-6-13(17)12(9-11)16(22)19-14-7-8-18-10-15(14)21(23)24/h5-10H,3-4H2,1-2H3,(H,18,19,22). The van der Waals surface area contributed by atoms with Crippen LogP contribution in [0.25, 0.3) is 0 Å². The third kappa shape index (κ3) is 4.41. The fourth-order valence-electron chi connectivity index (χ4n) is 2.38. The second kappa shape index (κ2) is 8.42. The summed E-state index contributed by atoms with van der Waals surface area (Å²) in [7, 11) is -3.79. The lowest BCUT2D eigenvalue weighted by atomic mass is 10.2. The molecule has 0 fully saturated rings. The fraction of sp³-hybridized carbons (Fsp3) is 0.250. The number of sulfonamides is 1. The summed E-state index contributed by atoms with van der Waals surface area (Å²) in [6.45, 7) is 3.94. The van der Waals surface area contributed by atoms with Crippen LogP contribution in [0, 0.1) is 10.1 Å². The molecule has 1 N–H and O–H groups in total. The number of nitrogens with one attached hydrogen (secondary N) is 1. The number of hydrogen-bond donors (Lipinski definition) is 1.